The van der Waals surface area contributed by atoms with Crippen LogP contribution in [0, 0.1) is 5.82 Å². The van der Waals surface area contributed by atoms with Crippen molar-refractivity contribution in [1.82, 2.24) is 5.32 Å². The molecule has 23 heavy (non-hydrogen) atoms. The van der Waals surface area contributed by atoms with Gasteiger partial charge in [0, 0.05) is 17.0 Å². The third-order valence-corrected chi connectivity index (χ3v) is 4.56. The fraction of sp³-hybridized carbons (Fsp3) is 0.278. The number of amides is 1. The summed E-state index contributed by atoms with van der Waals surface area (Å²) in [5.74, 6) is -0.549. The maximum Gasteiger partial charge on any atom is 0.258 e. The first-order valence-electron chi connectivity index (χ1n) is 7.49. The smallest absolute Gasteiger partial charge is 0.258 e. The van der Waals surface area contributed by atoms with Gasteiger partial charge in [0.05, 0.1) is 7.11 Å². The molecule has 0 spiro atoms. The summed E-state index contributed by atoms with van der Waals surface area (Å²) >= 11 is 5.90. The zero-order valence-electron chi connectivity index (χ0n) is 12.7. The van der Waals surface area contributed by atoms with E-state index in [1.807, 2.05) is 24.3 Å². The molecule has 3 rings (SSSR count). The van der Waals surface area contributed by atoms with E-state index >= 15 is 0 Å². The molecule has 1 amide bonds. The van der Waals surface area contributed by atoms with Crippen molar-refractivity contribution in [3.05, 3.63) is 64.4 Å². The van der Waals surface area contributed by atoms with Crippen molar-refractivity contribution in [2.24, 2.45) is 0 Å². The average Bonchev–Trinajstić information content (AvgIpc) is 2.53. The van der Waals surface area contributed by atoms with Crippen LogP contribution in [0.3, 0.4) is 0 Å². The molecule has 2 aromatic carbocycles. The van der Waals surface area contributed by atoms with Crippen molar-refractivity contribution in [2.75, 3.05) is 7.11 Å². The molecule has 5 heteroatoms. The Labute approximate surface area is 139 Å². The van der Waals surface area contributed by atoms with Gasteiger partial charge < -0.3 is 10.1 Å². The Morgan fingerprint density at radius 1 is 1.22 bits per heavy atom. The van der Waals surface area contributed by atoms with Crippen LogP contribution in [0.1, 0.15) is 34.7 Å². The molecule has 0 bridgehead atoms. The predicted octanol–water partition coefficient (Wildman–Crippen LogP) is 4.16. The van der Waals surface area contributed by atoms with E-state index in [0.29, 0.717) is 5.02 Å². The number of halogens is 2. The fourth-order valence-corrected chi connectivity index (χ4v) is 3.04. The van der Waals surface area contributed by atoms with Crippen LogP contribution < -0.4 is 10.1 Å². The monoisotopic (exact) mass is 333 g/mol. The molecule has 0 heterocycles. The summed E-state index contributed by atoms with van der Waals surface area (Å²) in [4.78, 5) is 12.4. The van der Waals surface area contributed by atoms with Gasteiger partial charge in [0.2, 0.25) is 0 Å². The van der Waals surface area contributed by atoms with Crippen LogP contribution in [0.2, 0.25) is 5.02 Å². The highest BCUT2D eigenvalue weighted by Crippen LogP contribution is 2.37. The second-order valence-corrected chi connectivity index (χ2v) is 6.07. The molecule has 3 nitrogen and oxygen atoms in total. The maximum atomic E-state index is 14.0. The molecule has 1 fully saturated rings. The number of methoxy groups -OCH3 is 1. The summed E-state index contributed by atoms with van der Waals surface area (Å²) in [6.07, 6.45) is 1.86. The van der Waals surface area contributed by atoms with Crippen LogP contribution in [-0.2, 0) is 0 Å². The number of carbonyl (C=O) groups is 1. The summed E-state index contributed by atoms with van der Waals surface area (Å²) in [6.45, 7) is 0. The third-order valence-electron chi connectivity index (χ3n) is 4.31. The number of nitrogens with one attached hydrogen (secondary N) is 1. The highest BCUT2D eigenvalue weighted by atomic mass is 35.5. The van der Waals surface area contributed by atoms with Crippen molar-refractivity contribution in [1.29, 1.82) is 0 Å². The van der Waals surface area contributed by atoms with Crippen molar-refractivity contribution in [3.8, 4) is 5.75 Å². The number of hydrogen-bond acceptors (Lipinski definition) is 2. The van der Waals surface area contributed by atoms with E-state index in [1.165, 1.54) is 19.2 Å². The van der Waals surface area contributed by atoms with Gasteiger partial charge in [-0.1, -0.05) is 29.8 Å². The second kappa shape index (κ2) is 6.59. The standard InChI is InChI=1S/C18H17ClFNO2/c1-23-16-4-2-3-14(20)17(16)18(22)21-15-10-9-13(15)11-5-7-12(19)8-6-11/h2-8,13,15H,9-10H2,1H3,(H,21,22)/t13-,15-/m0/s1. The molecular weight excluding hydrogens is 317 g/mol. The zero-order chi connectivity index (χ0) is 16.4. The van der Waals surface area contributed by atoms with E-state index in [-0.39, 0.29) is 23.3 Å². The van der Waals surface area contributed by atoms with Crippen LogP contribution in [0.4, 0.5) is 4.39 Å². The van der Waals surface area contributed by atoms with Crippen molar-refractivity contribution in [2.45, 2.75) is 24.8 Å². The number of rotatable bonds is 4. The predicted molar refractivity (Wildman–Crippen MR) is 87.6 cm³/mol. The molecule has 0 saturated heterocycles. The van der Waals surface area contributed by atoms with Crippen LogP contribution >= 0.6 is 11.6 Å². The minimum absolute atomic E-state index is 0.00649. The van der Waals surface area contributed by atoms with E-state index in [9.17, 15) is 9.18 Å². The molecular formula is C18H17ClFNO2. The second-order valence-electron chi connectivity index (χ2n) is 5.63. The van der Waals surface area contributed by atoms with E-state index in [0.717, 1.165) is 18.4 Å². The van der Waals surface area contributed by atoms with Crippen LogP contribution in [-0.4, -0.2) is 19.1 Å². The topological polar surface area (TPSA) is 38.3 Å². The van der Waals surface area contributed by atoms with Crippen LogP contribution in [0.5, 0.6) is 5.75 Å². The number of hydrogen-bond donors (Lipinski definition) is 1. The van der Waals surface area contributed by atoms with Crippen molar-refractivity contribution >= 4 is 17.5 Å². The molecule has 1 N–H and O–H groups in total. The minimum Gasteiger partial charge on any atom is -0.496 e. The van der Waals surface area contributed by atoms with Gasteiger partial charge in [-0.2, -0.15) is 0 Å². The minimum atomic E-state index is -0.579. The summed E-state index contributed by atoms with van der Waals surface area (Å²) < 4.78 is 19.1. The molecule has 0 unspecified atom stereocenters. The lowest BCUT2D eigenvalue weighted by atomic mass is 9.75. The Morgan fingerprint density at radius 2 is 1.96 bits per heavy atom. The zero-order valence-corrected chi connectivity index (χ0v) is 13.4. The van der Waals surface area contributed by atoms with Gasteiger partial charge >= 0.3 is 0 Å². The largest absolute Gasteiger partial charge is 0.496 e. The summed E-state index contributed by atoms with van der Waals surface area (Å²) in [5.41, 5.74) is 1.09. The quantitative estimate of drug-likeness (QED) is 0.912. The Bertz CT molecular complexity index is 717. The van der Waals surface area contributed by atoms with E-state index in [4.69, 9.17) is 16.3 Å². The molecule has 1 aliphatic rings. The summed E-state index contributed by atoms with van der Waals surface area (Å²) in [6, 6.07) is 12.0. The number of carbonyl (C=O) groups excluding carboxylic acids is 1. The number of benzene rings is 2. The van der Waals surface area contributed by atoms with Gasteiger partial charge in [0.15, 0.2) is 0 Å². The molecule has 0 radical (unpaired) electrons. The van der Waals surface area contributed by atoms with Crippen LogP contribution in [0.25, 0.3) is 0 Å². The molecule has 1 aliphatic carbocycles. The first kappa shape index (κ1) is 15.8. The Balaban J connectivity index is 1.75. The molecule has 2 atom stereocenters. The van der Waals surface area contributed by atoms with Gasteiger partial charge in [-0.3, -0.25) is 4.79 Å². The lowest BCUT2D eigenvalue weighted by Gasteiger charge is -2.37. The van der Waals surface area contributed by atoms with E-state index < -0.39 is 11.7 Å². The molecule has 1 saturated carbocycles. The molecule has 2 aromatic rings. The Hall–Kier alpha value is -2.07. The molecule has 120 valence electrons. The average molecular weight is 334 g/mol. The Kier molecular flexibility index (Phi) is 4.53. The van der Waals surface area contributed by atoms with Crippen molar-refractivity contribution in [3.63, 3.8) is 0 Å². The van der Waals surface area contributed by atoms with Crippen molar-refractivity contribution < 1.29 is 13.9 Å². The van der Waals surface area contributed by atoms with Crippen LogP contribution in [0.15, 0.2) is 42.5 Å². The Morgan fingerprint density at radius 3 is 2.57 bits per heavy atom. The molecule has 0 aromatic heterocycles. The SMILES string of the molecule is COc1cccc(F)c1C(=O)N[C@H]1CC[C@H]1c1ccc(Cl)cc1. The number of ether oxygens (including phenoxy) is 1. The maximum absolute atomic E-state index is 14.0. The lowest BCUT2D eigenvalue weighted by molar-refractivity contribution is 0.0897. The highest BCUT2D eigenvalue weighted by Gasteiger charge is 2.34. The summed E-state index contributed by atoms with van der Waals surface area (Å²) in [5, 5.41) is 3.60. The first-order chi connectivity index (χ1) is 11.1. The normalized spacial score (nSPS) is 19.8. The van der Waals surface area contributed by atoms with E-state index in [1.54, 1.807) is 6.07 Å². The van der Waals surface area contributed by atoms with Gasteiger partial charge in [-0.15, -0.1) is 0 Å². The molecule has 0 aliphatic heterocycles. The summed E-state index contributed by atoms with van der Waals surface area (Å²) in [7, 11) is 1.42. The third kappa shape index (κ3) is 3.17. The lowest BCUT2D eigenvalue weighted by Crippen LogP contribution is -2.45. The van der Waals surface area contributed by atoms with Gasteiger partial charge in [-0.25, -0.2) is 4.39 Å². The fourth-order valence-electron chi connectivity index (χ4n) is 2.92. The highest BCUT2D eigenvalue weighted by molar-refractivity contribution is 6.30. The van der Waals surface area contributed by atoms with Gasteiger partial charge in [0.1, 0.15) is 17.1 Å². The first-order valence-corrected chi connectivity index (χ1v) is 7.86. The van der Waals surface area contributed by atoms with Gasteiger partial charge in [-0.05, 0) is 42.7 Å². The van der Waals surface area contributed by atoms with Gasteiger partial charge in [0.25, 0.3) is 5.91 Å². The van der Waals surface area contributed by atoms with E-state index in [2.05, 4.69) is 5.32 Å².